The molecule has 0 bridgehead atoms. The monoisotopic (exact) mass is 396 g/mol. The number of amides is 1. The molecule has 2 rings (SSSR count). The molecular weight excluding hydrogens is 368 g/mol. The normalized spacial score (nSPS) is 10.4. The molecule has 6 heteroatoms. The number of esters is 1. The van der Waals surface area contributed by atoms with Crippen LogP contribution in [0.25, 0.3) is 0 Å². The minimum atomic E-state index is -0.532. The number of nitrogens with zero attached hydrogens (tertiary/aromatic N) is 1. The van der Waals surface area contributed by atoms with Crippen LogP contribution in [0.4, 0.5) is 4.79 Å². The number of alkyl carbamates (subject to hydrolysis) is 1. The molecule has 2 aromatic rings. The quantitative estimate of drug-likeness (QED) is 0.358. The molecule has 0 fully saturated rings. The molecule has 0 aliphatic carbocycles. The second-order valence-corrected chi connectivity index (χ2v) is 6.66. The van der Waals surface area contributed by atoms with Crippen molar-refractivity contribution in [2.45, 2.75) is 20.0 Å². The van der Waals surface area contributed by atoms with Crippen LogP contribution < -0.4 is 5.32 Å². The van der Waals surface area contributed by atoms with Crippen LogP contribution in [0.3, 0.4) is 0 Å². The van der Waals surface area contributed by atoms with Crippen molar-refractivity contribution >= 4 is 12.1 Å². The Labute approximate surface area is 172 Å². The summed E-state index contributed by atoms with van der Waals surface area (Å²) in [4.78, 5) is 25.3. The summed E-state index contributed by atoms with van der Waals surface area (Å²) in [5, 5.41) is 2.56. The van der Waals surface area contributed by atoms with Gasteiger partial charge in [0.2, 0.25) is 0 Å². The number of ether oxygens (including phenoxy) is 2. The first-order chi connectivity index (χ1) is 14.0. The van der Waals surface area contributed by atoms with E-state index in [-0.39, 0.29) is 19.8 Å². The lowest BCUT2D eigenvalue weighted by Crippen LogP contribution is -2.32. The van der Waals surface area contributed by atoms with E-state index in [4.69, 9.17) is 9.47 Å². The van der Waals surface area contributed by atoms with Gasteiger partial charge >= 0.3 is 12.1 Å². The lowest BCUT2D eigenvalue weighted by Gasteiger charge is -2.22. The van der Waals surface area contributed by atoms with Gasteiger partial charge in [-0.2, -0.15) is 0 Å². The lowest BCUT2D eigenvalue weighted by atomic mass is 10.1. The Morgan fingerprint density at radius 2 is 1.45 bits per heavy atom. The second kappa shape index (κ2) is 12.4. The Kier molecular flexibility index (Phi) is 9.45. The number of rotatable bonds is 11. The van der Waals surface area contributed by atoms with Gasteiger partial charge in [-0.15, -0.1) is 0 Å². The summed E-state index contributed by atoms with van der Waals surface area (Å²) in [5.41, 5.74) is 2.73. The van der Waals surface area contributed by atoms with E-state index >= 15 is 0 Å². The summed E-state index contributed by atoms with van der Waals surface area (Å²) in [6, 6.07) is 20.4. The molecule has 6 nitrogen and oxygen atoms in total. The Bertz CT molecular complexity index is 736. The molecule has 0 unspecified atom stereocenters. The van der Waals surface area contributed by atoms with Gasteiger partial charge in [-0.05, 0) is 18.1 Å². The second-order valence-electron chi connectivity index (χ2n) is 6.66. The van der Waals surface area contributed by atoms with Gasteiger partial charge in [0.05, 0.1) is 6.54 Å². The molecule has 0 aliphatic rings. The predicted octanol–water partition coefficient (Wildman–Crippen LogP) is 3.53. The minimum Gasteiger partial charge on any atom is -0.460 e. The van der Waals surface area contributed by atoms with E-state index in [1.807, 2.05) is 36.4 Å². The summed E-state index contributed by atoms with van der Waals surface area (Å²) in [6.07, 6.45) is -0.532. The number of benzene rings is 2. The smallest absolute Gasteiger partial charge is 0.407 e. The highest BCUT2D eigenvalue weighted by Crippen LogP contribution is 2.09. The molecule has 0 atom stereocenters. The van der Waals surface area contributed by atoms with Crippen molar-refractivity contribution in [1.29, 1.82) is 0 Å². The average molecular weight is 396 g/mol. The van der Waals surface area contributed by atoms with Gasteiger partial charge < -0.3 is 14.8 Å². The summed E-state index contributed by atoms with van der Waals surface area (Å²) in [6.45, 7) is 7.72. The molecule has 1 N–H and O–H groups in total. The Morgan fingerprint density at radius 1 is 0.897 bits per heavy atom. The summed E-state index contributed by atoms with van der Waals surface area (Å²) in [7, 11) is 0. The number of hydrogen-bond donors (Lipinski definition) is 1. The van der Waals surface area contributed by atoms with Crippen molar-refractivity contribution in [3.8, 4) is 0 Å². The van der Waals surface area contributed by atoms with Crippen LogP contribution in [0.1, 0.15) is 18.1 Å². The van der Waals surface area contributed by atoms with Crippen LogP contribution in [0, 0.1) is 0 Å². The van der Waals surface area contributed by atoms with Gasteiger partial charge in [0.1, 0.15) is 13.2 Å². The van der Waals surface area contributed by atoms with Gasteiger partial charge in [0, 0.05) is 25.2 Å². The van der Waals surface area contributed by atoms with Crippen LogP contribution >= 0.6 is 0 Å². The molecule has 0 spiro atoms. The number of carbonyl (C=O) groups is 2. The van der Waals surface area contributed by atoms with Crippen LogP contribution in [-0.4, -0.2) is 43.3 Å². The summed E-state index contributed by atoms with van der Waals surface area (Å²) in [5.74, 6) is -0.474. The van der Waals surface area contributed by atoms with E-state index in [1.165, 1.54) is 11.1 Å². The third kappa shape index (κ3) is 9.08. The fourth-order valence-corrected chi connectivity index (χ4v) is 2.64. The van der Waals surface area contributed by atoms with Crippen molar-refractivity contribution in [2.24, 2.45) is 0 Å². The van der Waals surface area contributed by atoms with Gasteiger partial charge in [-0.3, -0.25) is 4.90 Å². The molecule has 29 heavy (non-hydrogen) atoms. The van der Waals surface area contributed by atoms with Gasteiger partial charge in [0.25, 0.3) is 0 Å². The maximum absolute atomic E-state index is 11.8. The highest BCUT2D eigenvalue weighted by atomic mass is 16.6. The molecule has 0 aliphatic heterocycles. The topological polar surface area (TPSA) is 67.9 Å². The van der Waals surface area contributed by atoms with Crippen molar-refractivity contribution in [3.63, 3.8) is 0 Å². The lowest BCUT2D eigenvalue weighted by molar-refractivity contribution is -0.138. The summed E-state index contributed by atoms with van der Waals surface area (Å²) < 4.78 is 10.2. The third-order valence-electron chi connectivity index (χ3n) is 4.09. The summed E-state index contributed by atoms with van der Waals surface area (Å²) >= 11 is 0. The zero-order valence-electron chi connectivity index (χ0n) is 16.8. The highest BCUT2D eigenvalue weighted by molar-refractivity contribution is 5.86. The largest absolute Gasteiger partial charge is 0.460 e. The molecule has 0 saturated carbocycles. The van der Waals surface area contributed by atoms with Crippen molar-refractivity contribution in [2.75, 3.05) is 26.3 Å². The Hall–Kier alpha value is -3.12. The van der Waals surface area contributed by atoms with Crippen LogP contribution in [0.15, 0.2) is 72.8 Å². The van der Waals surface area contributed by atoms with Gasteiger partial charge in [-0.1, -0.05) is 67.2 Å². The van der Waals surface area contributed by atoms with Crippen LogP contribution in [0.5, 0.6) is 0 Å². The third-order valence-corrected chi connectivity index (χ3v) is 4.09. The van der Waals surface area contributed by atoms with Crippen molar-refractivity contribution < 1.29 is 19.1 Å². The van der Waals surface area contributed by atoms with Crippen molar-refractivity contribution in [3.05, 3.63) is 83.9 Å². The number of hydrogen-bond acceptors (Lipinski definition) is 5. The molecular formula is C23H28N2O4. The highest BCUT2D eigenvalue weighted by Gasteiger charge is 2.09. The van der Waals surface area contributed by atoms with Gasteiger partial charge in [0.15, 0.2) is 0 Å². The molecule has 2 aromatic carbocycles. The predicted molar refractivity (Wildman–Crippen MR) is 112 cm³/mol. The minimum absolute atomic E-state index is 0.0783. The maximum Gasteiger partial charge on any atom is 0.407 e. The van der Waals surface area contributed by atoms with Crippen LogP contribution in [-0.2, 0) is 27.4 Å². The fourth-order valence-electron chi connectivity index (χ4n) is 2.64. The molecule has 1 amide bonds. The standard InChI is InChI=1S/C23H28N2O4/c1-19(2)22(26)28-15-13-24-23(27)29-16-14-25(17-20-9-5-3-6-10-20)18-21-11-7-4-8-12-21/h3-12H,1,13-18H2,2H3,(H,24,27). The van der Waals surface area contributed by atoms with Gasteiger partial charge in [-0.25, -0.2) is 9.59 Å². The van der Waals surface area contributed by atoms with Crippen molar-refractivity contribution in [1.82, 2.24) is 10.2 Å². The first kappa shape index (κ1) is 22.2. The zero-order valence-corrected chi connectivity index (χ0v) is 16.8. The molecule has 0 radical (unpaired) electrons. The van der Waals surface area contributed by atoms with E-state index in [2.05, 4.69) is 41.1 Å². The van der Waals surface area contributed by atoms with E-state index in [0.29, 0.717) is 12.1 Å². The van der Waals surface area contributed by atoms with E-state index in [0.717, 1.165) is 13.1 Å². The maximum atomic E-state index is 11.8. The number of carbonyl (C=O) groups excluding carboxylic acids is 2. The van der Waals surface area contributed by atoms with Crippen LogP contribution in [0.2, 0.25) is 0 Å². The molecule has 154 valence electrons. The average Bonchev–Trinajstić information content (AvgIpc) is 2.72. The molecule has 0 aromatic heterocycles. The molecule has 0 saturated heterocycles. The zero-order chi connectivity index (χ0) is 20.9. The number of nitrogens with one attached hydrogen (secondary N) is 1. The van der Waals surface area contributed by atoms with E-state index in [9.17, 15) is 9.59 Å². The molecule has 0 heterocycles. The SMILES string of the molecule is C=C(C)C(=O)OCCNC(=O)OCCN(Cc1ccccc1)Cc1ccccc1. The Morgan fingerprint density at radius 3 is 1.97 bits per heavy atom. The first-order valence-electron chi connectivity index (χ1n) is 9.58. The fraction of sp³-hybridized carbons (Fsp3) is 0.304. The Balaban J connectivity index is 1.75. The first-order valence-corrected chi connectivity index (χ1v) is 9.58. The van der Waals surface area contributed by atoms with E-state index in [1.54, 1.807) is 6.92 Å². The van der Waals surface area contributed by atoms with E-state index < -0.39 is 12.1 Å².